The number of hydrogen-bond acceptors (Lipinski definition) is 3. The molecule has 1 aromatic carbocycles. The Morgan fingerprint density at radius 3 is 2.52 bits per heavy atom. The second kappa shape index (κ2) is 7.05. The van der Waals surface area contributed by atoms with Gasteiger partial charge in [0.2, 0.25) is 5.91 Å². The summed E-state index contributed by atoms with van der Waals surface area (Å²) in [6.07, 6.45) is 0.939. The van der Waals surface area contributed by atoms with E-state index in [0.29, 0.717) is 19.1 Å². The molecule has 1 fully saturated rings. The van der Waals surface area contributed by atoms with Crippen LogP contribution in [0.2, 0.25) is 0 Å². The maximum Gasteiger partial charge on any atom is 0.225 e. The third-order valence-electron chi connectivity index (χ3n) is 3.98. The van der Waals surface area contributed by atoms with Gasteiger partial charge in [-0.25, -0.2) is 0 Å². The fraction of sp³-hybridized carbons (Fsp3) is 0.588. The summed E-state index contributed by atoms with van der Waals surface area (Å²) in [4.78, 5) is 11.9. The van der Waals surface area contributed by atoms with Crippen LogP contribution in [0.5, 0.6) is 0 Å². The highest BCUT2D eigenvalue weighted by atomic mass is 16.5. The van der Waals surface area contributed by atoms with Crippen molar-refractivity contribution in [1.82, 2.24) is 5.32 Å². The van der Waals surface area contributed by atoms with Crippen LogP contribution in [0.25, 0.3) is 0 Å². The van der Waals surface area contributed by atoms with Gasteiger partial charge in [0, 0.05) is 19.2 Å². The Bertz CT molecular complexity index is 470. The zero-order valence-electron chi connectivity index (χ0n) is 13.1. The molecule has 0 radical (unpaired) electrons. The quantitative estimate of drug-likeness (QED) is 0.810. The maximum absolute atomic E-state index is 11.9. The highest BCUT2D eigenvalue weighted by Crippen LogP contribution is 2.33. The fourth-order valence-corrected chi connectivity index (χ4v) is 2.43. The van der Waals surface area contributed by atoms with Crippen molar-refractivity contribution in [3.8, 4) is 0 Å². The summed E-state index contributed by atoms with van der Waals surface area (Å²) < 4.78 is 5.42. The SMILES string of the molecule is CCOC1CC1C(=O)NCC(N)c1ccc(C(C)C)cc1. The van der Waals surface area contributed by atoms with Gasteiger partial charge in [0.05, 0.1) is 12.0 Å². The van der Waals surface area contributed by atoms with Crippen molar-refractivity contribution in [2.45, 2.75) is 45.3 Å². The first-order valence-electron chi connectivity index (χ1n) is 7.77. The van der Waals surface area contributed by atoms with Crippen LogP contribution in [0.15, 0.2) is 24.3 Å². The number of hydrogen-bond donors (Lipinski definition) is 2. The van der Waals surface area contributed by atoms with Gasteiger partial charge in [-0.3, -0.25) is 4.79 Å². The fourth-order valence-electron chi connectivity index (χ4n) is 2.43. The molecule has 116 valence electrons. The van der Waals surface area contributed by atoms with Crippen molar-refractivity contribution in [1.29, 1.82) is 0 Å². The predicted octanol–water partition coefficient (Wildman–Crippen LogP) is 2.35. The molecule has 0 heterocycles. The van der Waals surface area contributed by atoms with Crippen LogP contribution in [0, 0.1) is 5.92 Å². The highest BCUT2D eigenvalue weighted by molar-refractivity contribution is 5.82. The molecule has 2 rings (SSSR count). The number of carbonyl (C=O) groups excluding carboxylic acids is 1. The molecule has 3 N–H and O–H groups in total. The zero-order valence-corrected chi connectivity index (χ0v) is 13.1. The molecule has 1 aliphatic rings. The average molecular weight is 290 g/mol. The molecule has 1 amide bonds. The monoisotopic (exact) mass is 290 g/mol. The number of amides is 1. The van der Waals surface area contributed by atoms with Crippen molar-refractivity contribution in [2.24, 2.45) is 11.7 Å². The van der Waals surface area contributed by atoms with E-state index >= 15 is 0 Å². The van der Waals surface area contributed by atoms with Crippen molar-refractivity contribution >= 4 is 5.91 Å². The highest BCUT2D eigenvalue weighted by Gasteiger charge is 2.43. The Morgan fingerprint density at radius 2 is 1.95 bits per heavy atom. The van der Waals surface area contributed by atoms with Gasteiger partial charge < -0.3 is 15.8 Å². The lowest BCUT2D eigenvalue weighted by Crippen LogP contribution is -2.33. The van der Waals surface area contributed by atoms with Crippen LogP contribution in [0.4, 0.5) is 0 Å². The van der Waals surface area contributed by atoms with E-state index in [9.17, 15) is 4.79 Å². The standard InChI is InChI=1S/C17H26N2O2/c1-4-21-16-9-14(16)17(20)19-10-15(18)13-7-5-12(6-8-13)11(2)3/h5-8,11,14-16H,4,9-10,18H2,1-3H3,(H,19,20). The van der Waals surface area contributed by atoms with Crippen LogP contribution in [-0.4, -0.2) is 25.2 Å². The lowest BCUT2D eigenvalue weighted by molar-refractivity contribution is -0.123. The Labute approximate surface area is 127 Å². The predicted molar refractivity (Wildman–Crippen MR) is 84.0 cm³/mol. The molecular formula is C17H26N2O2. The second-order valence-corrected chi connectivity index (χ2v) is 6.01. The molecule has 0 saturated heterocycles. The molecule has 1 aromatic rings. The molecule has 4 heteroatoms. The minimum atomic E-state index is -0.167. The van der Waals surface area contributed by atoms with Gasteiger partial charge in [0.25, 0.3) is 0 Å². The summed E-state index contributed by atoms with van der Waals surface area (Å²) in [5.41, 5.74) is 8.49. The van der Waals surface area contributed by atoms with Crippen LogP contribution in [0.1, 0.15) is 50.3 Å². The number of benzene rings is 1. The van der Waals surface area contributed by atoms with Crippen molar-refractivity contribution in [2.75, 3.05) is 13.2 Å². The van der Waals surface area contributed by atoms with Crippen molar-refractivity contribution < 1.29 is 9.53 Å². The number of carbonyl (C=O) groups is 1. The number of nitrogens with one attached hydrogen (secondary N) is 1. The number of rotatable bonds is 7. The molecular weight excluding hydrogens is 264 g/mol. The number of ether oxygens (including phenoxy) is 1. The molecule has 3 unspecified atom stereocenters. The van der Waals surface area contributed by atoms with Crippen molar-refractivity contribution in [3.63, 3.8) is 0 Å². The minimum absolute atomic E-state index is 0.0143. The Kier molecular flexibility index (Phi) is 5.37. The van der Waals surface area contributed by atoms with Crippen LogP contribution in [0.3, 0.4) is 0 Å². The smallest absolute Gasteiger partial charge is 0.225 e. The molecule has 1 aliphatic carbocycles. The van der Waals surface area contributed by atoms with Gasteiger partial charge in [-0.15, -0.1) is 0 Å². The zero-order chi connectivity index (χ0) is 15.4. The Morgan fingerprint density at radius 1 is 1.33 bits per heavy atom. The van der Waals surface area contributed by atoms with Crippen LogP contribution < -0.4 is 11.1 Å². The van der Waals surface area contributed by atoms with E-state index in [0.717, 1.165) is 12.0 Å². The van der Waals surface area contributed by atoms with Gasteiger partial charge in [0.15, 0.2) is 0 Å². The van der Waals surface area contributed by atoms with Crippen LogP contribution >= 0.6 is 0 Å². The summed E-state index contributed by atoms with van der Waals surface area (Å²) in [6, 6.07) is 8.14. The molecule has 0 aromatic heterocycles. The van der Waals surface area contributed by atoms with E-state index in [1.165, 1.54) is 5.56 Å². The maximum atomic E-state index is 11.9. The molecule has 4 nitrogen and oxygen atoms in total. The Hall–Kier alpha value is -1.39. The van der Waals surface area contributed by atoms with E-state index in [4.69, 9.17) is 10.5 Å². The minimum Gasteiger partial charge on any atom is -0.378 e. The van der Waals surface area contributed by atoms with Gasteiger partial charge >= 0.3 is 0 Å². The summed E-state index contributed by atoms with van der Waals surface area (Å²) in [5, 5.41) is 2.92. The van der Waals surface area contributed by atoms with Crippen LogP contribution in [-0.2, 0) is 9.53 Å². The molecule has 0 bridgehead atoms. The molecule has 1 saturated carbocycles. The molecule has 0 aliphatic heterocycles. The molecule has 3 atom stereocenters. The van der Waals surface area contributed by atoms with E-state index in [1.54, 1.807) is 0 Å². The summed E-state index contributed by atoms with van der Waals surface area (Å²) in [5.74, 6) is 0.587. The van der Waals surface area contributed by atoms with E-state index < -0.39 is 0 Å². The second-order valence-electron chi connectivity index (χ2n) is 6.01. The van der Waals surface area contributed by atoms with E-state index in [-0.39, 0.29) is 24.0 Å². The normalized spacial score (nSPS) is 22.1. The molecule has 21 heavy (non-hydrogen) atoms. The van der Waals surface area contributed by atoms with Gasteiger partial charge in [-0.2, -0.15) is 0 Å². The Balaban J connectivity index is 1.79. The van der Waals surface area contributed by atoms with E-state index in [1.807, 2.05) is 19.1 Å². The van der Waals surface area contributed by atoms with Gasteiger partial charge in [0.1, 0.15) is 0 Å². The third kappa shape index (κ3) is 4.29. The lowest BCUT2D eigenvalue weighted by atomic mass is 9.99. The summed E-state index contributed by atoms with van der Waals surface area (Å²) in [7, 11) is 0. The van der Waals surface area contributed by atoms with Crippen molar-refractivity contribution in [3.05, 3.63) is 35.4 Å². The summed E-state index contributed by atoms with van der Waals surface area (Å²) >= 11 is 0. The third-order valence-corrected chi connectivity index (χ3v) is 3.98. The largest absolute Gasteiger partial charge is 0.378 e. The average Bonchev–Trinajstić information content (AvgIpc) is 3.24. The topological polar surface area (TPSA) is 64.3 Å². The summed E-state index contributed by atoms with van der Waals surface area (Å²) in [6.45, 7) is 7.41. The van der Waals surface area contributed by atoms with Gasteiger partial charge in [-0.1, -0.05) is 38.1 Å². The van der Waals surface area contributed by atoms with E-state index in [2.05, 4.69) is 31.3 Å². The first-order chi connectivity index (χ1) is 10.0. The number of nitrogens with two attached hydrogens (primary N) is 1. The lowest BCUT2D eigenvalue weighted by Gasteiger charge is -2.14. The molecule has 0 spiro atoms. The first-order valence-corrected chi connectivity index (χ1v) is 7.77. The van der Waals surface area contributed by atoms with Gasteiger partial charge in [-0.05, 0) is 30.4 Å². The first kappa shape index (κ1) is 16.0.